The maximum atomic E-state index is 5.80. The van der Waals surface area contributed by atoms with Gasteiger partial charge in [0.1, 0.15) is 5.75 Å². The van der Waals surface area contributed by atoms with Crippen molar-refractivity contribution in [2.45, 2.75) is 12.5 Å². The van der Waals surface area contributed by atoms with Gasteiger partial charge in [-0.05, 0) is 36.7 Å². The van der Waals surface area contributed by atoms with E-state index in [9.17, 15) is 0 Å². The zero-order valence-corrected chi connectivity index (χ0v) is 17.9. The van der Waals surface area contributed by atoms with E-state index in [-0.39, 0.29) is 6.04 Å². The standard InChI is InChI=1S/C24H29N3O3/c1-28-21-15-23(30-3)22(29-2)14-19(21)24(27-11-6-9-25-10-12-27)18-13-17-7-4-5-8-20(17)26-16-18/h4-5,7-8,13-16,24-25H,6,9-12H2,1-3H3. The molecule has 0 amide bonds. The highest BCUT2D eigenvalue weighted by Crippen LogP contribution is 2.42. The number of pyridine rings is 1. The third-order valence-electron chi connectivity index (χ3n) is 5.70. The average molecular weight is 408 g/mol. The van der Waals surface area contributed by atoms with E-state index >= 15 is 0 Å². The molecule has 0 radical (unpaired) electrons. The van der Waals surface area contributed by atoms with Crippen LogP contribution in [0.15, 0.2) is 48.7 Å². The van der Waals surface area contributed by atoms with Crippen LogP contribution in [0.25, 0.3) is 10.9 Å². The lowest BCUT2D eigenvalue weighted by Gasteiger charge is -2.32. The summed E-state index contributed by atoms with van der Waals surface area (Å²) in [5.74, 6) is 2.13. The quantitative estimate of drug-likeness (QED) is 0.673. The van der Waals surface area contributed by atoms with Gasteiger partial charge in [-0.2, -0.15) is 0 Å². The number of benzene rings is 2. The van der Waals surface area contributed by atoms with Crippen molar-refractivity contribution in [1.29, 1.82) is 0 Å². The van der Waals surface area contributed by atoms with Gasteiger partial charge in [-0.1, -0.05) is 18.2 Å². The highest BCUT2D eigenvalue weighted by atomic mass is 16.5. The van der Waals surface area contributed by atoms with Crippen molar-refractivity contribution >= 4 is 10.9 Å². The first-order chi connectivity index (χ1) is 14.7. The van der Waals surface area contributed by atoms with Crippen molar-refractivity contribution in [3.05, 3.63) is 59.8 Å². The fraction of sp³-hybridized carbons (Fsp3) is 0.375. The number of para-hydroxylation sites is 1. The number of nitrogens with zero attached hydrogens (tertiary/aromatic N) is 2. The zero-order valence-electron chi connectivity index (χ0n) is 17.9. The van der Waals surface area contributed by atoms with E-state index in [1.165, 1.54) is 0 Å². The summed E-state index contributed by atoms with van der Waals surface area (Å²) >= 11 is 0. The smallest absolute Gasteiger partial charge is 0.164 e. The second-order valence-electron chi connectivity index (χ2n) is 7.45. The predicted molar refractivity (Wildman–Crippen MR) is 119 cm³/mol. The minimum Gasteiger partial charge on any atom is -0.496 e. The Bertz CT molecular complexity index is 1000. The van der Waals surface area contributed by atoms with Gasteiger partial charge in [0, 0.05) is 42.8 Å². The van der Waals surface area contributed by atoms with Crippen molar-refractivity contribution in [2.75, 3.05) is 47.5 Å². The van der Waals surface area contributed by atoms with Gasteiger partial charge in [-0.15, -0.1) is 0 Å². The Hall–Kier alpha value is -2.83. The molecule has 30 heavy (non-hydrogen) atoms. The van der Waals surface area contributed by atoms with Gasteiger partial charge in [0.15, 0.2) is 11.5 Å². The van der Waals surface area contributed by atoms with Gasteiger partial charge in [0.2, 0.25) is 0 Å². The van der Waals surface area contributed by atoms with E-state index < -0.39 is 0 Å². The van der Waals surface area contributed by atoms with Crippen LogP contribution in [-0.4, -0.2) is 57.4 Å². The molecular formula is C24H29N3O3. The first kappa shape index (κ1) is 20.4. The normalized spacial score (nSPS) is 16.1. The molecule has 0 aliphatic carbocycles. The van der Waals surface area contributed by atoms with Crippen LogP contribution < -0.4 is 19.5 Å². The van der Waals surface area contributed by atoms with Crippen molar-refractivity contribution in [1.82, 2.24) is 15.2 Å². The molecule has 158 valence electrons. The molecule has 3 aromatic rings. The lowest BCUT2D eigenvalue weighted by Crippen LogP contribution is -2.33. The second kappa shape index (κ2) is 9.32. The fourth-order valence-electron chi connectivity index (χ4n) is 4.22. The summed E-state index contributed by atoms with van der Waals surface area (Å²) in [6, 6.07) is 14.4. The molecule has 2 heterocycles. The van der Waals surface area contributed by atoms with Crippen molar-refractivity contribution in [2.24, 2.45) is 0 Å². The Labute approximate surface area is 177 Å². The number of rotatable bonds is 6. The average Bonchev–Trinajstić information content (AvgIpc) is 3.08. The maximum Gasteiger partial charge on any atom is 0.164 e. The van der Waals surface area contributed by atoms with E-state index in [0.29, 0.717) is 11.5 Å². The lowest BCUT2D eigenvalue weighted by molar-refractivity contribution is 0.235. The van der Waals surface area contributed by atoms with Crippen LogP contribution in [0.4, 0.5) is 0 Å². The summed E-state index contributed by atoms with van der Waals surface area (Å²) in [5.41, 5.74) is 3.19. The lowest BCUT2D eigenvalue weighted by atomic mass is 9.95. The molecule has 4 rings (SSSR count). The molecule has 1 aromatic heterocycles. The molecule has 0 spiro atoms. The van der Waals surface area contributed by atoms with Gasteiger partial charge in [0.25, 0.3) is 0 Å². The first-order valence-electron chi connectivity index (χ1n) is 10.3. The van der Waals surface area contributed by atoms with Crippen LogP contribution >= 0.6 is 0 Å². The van der Waals surface area contributed by atoms with Crippen LogP contribution in [0.3, 0.4) is 0 Å². The van der Waals surface area contributed by atoms with E-state index in [4.69, 9.17) is 19.2 Å². The molecule has 1 fully saturated rings. The second-order valence-corrected chi connectivity index (χ2v) is 7.45. The van der Waals surface area contributed by atoms with E-state index in [2.05, 4.69) is 28.4 Å². The summed E-state index contributed by atoms with van der Waals surface area (Å²) in [6.45, 7) is 3.91. The molecule has 1 N–H and O–H groups in total. The summed E-state index contributed by atoms with van der Waals surface area (Å²) in [4.78, 5) is 7.23. The molecular weight excluding hydrogens is 378 g/mol. The van der Waals surface area contributed by atoms with E-state index in [1.54, 1.807) is 21.3 Å². The van der Waals surface area contributed by atoms with Crippen molar-refractivity contribution in [3.63, 3.8) is 0 Å². The molecule has 1 aliphatic heterocycles. The minimum atomic E-state index is -0.00300. The topological polar surface area (TPSA) is 55.9 Å². The third-order valence-corrected chi connectivity index (χ3v) is 5.70. The molecule has 6 heteroatoms. The summed E-state index contributed by atoms with van der Waals surface area (Å²) in [7, 11) is 5.00. The van der Waals surface area contributed by atoms with Gasteiger partial charge in [-0.25, -0.2) is 0 Å². The fourth-order valence-corrected chi connectivity index (χ4v) is 4.22. The van der Waals surface area contributed by atoms with E-state index in [0.717, 1.165) is 60.4 Å². The number of methoxy groups -OCH3 is 3. The summed E-state index contributed by atoms with van der Waals surface area (Å²) < 4.78 is 16.9. The van der Waals surface area contributed by atoms with Gasteiger partial charge < -0.3 is 19.5 Å². The molecule has 0 bridgehead atoms. The highest BCUT2D eigenvalue weighted by molar-refractivity contribution is 5.79. The Balaban J connectivity index is 1.88. The Kier molecular flexibility index (Phi) is 6.35. The molecule has 1 atom stereocenters. The molecule has 6 nitrogen and oxygen atoms in total. The largest absolute Gasteiger partial charge is 0.496 e. The van der Waals surface area contributed by atoms with Crippen molar-refractivity contribution in [3.8, 4) is 17.2 Å². The monoisotopic (exact) mass is 407 g/mol. The zero-order chi connectivity index (χ0) is 20.9. The predicted octanol–water partition coefficient (Wildman–Crippen LogP) is 3.65. The van der Waals surface area contributed by atoms with Crippen LogP contribution in [0, 0.1) is 0 Å². The Morgan fingerprint density at radius 1 is 0.900 bits per heavy atom. The number of fused-ring (bicyclic) bond motifs is 1. The number of aromatic nitrogens is 1. The van der Waals surface area contributed by atoms with Gasteiger partial charge >= 0.3 is 0 Å². The molecule has 1 aliphatic rings. The SMILES string of the molecule is COc1cc(OC)c(C(c2cnc3ccccc3c2)N2CCCNCC2)cc1OC. The third kappa shape index (κ3) is 4.06. The van der Waals surface area contributed by atoms with Crippen LogP contribution in [0.1, 0.15) is 23.6 Å². The van der Waals surface area contributed by atoms with E-state index in [1.807, 2.05) is 30.5 Å². The number of hydrogen-bond acceptors (Lipinski definition) is 6. The van der Waals surface area contributed by atoms with Crippen LogP contribution in [0.2, 0.25) is 0 Å². The first-order valence-corrected chi connectivity index (χ1v) is 10.3. The minimum absolute atomic E-state index is 0.00300. The molecule has 0 saturated carbocycles. The summed E-state index contributed by atoms with van der Waals surface area (Å²) in [5, 5.41) is 4.63. The highest BCUT2D eigenvalue weighted by Gasteiger charge is 2.28. The van der Waals surface area contributed by atoms with Crippen LogP contribution in [0.5, 0.6) is 17.2 Å². The number of ether oxygens (including phenoxy) is 3. The Morgan fingerprint density at radius 2 is 1.67 bits per heavy atom. The maximum absolute atomic E-state index is 5.80. The number of hydrogen-bond donors (Lipinski definition) is 1. The number of nitrogens with one attached hydrogen (secondary N) is 1. The summed E-state index contributed by atoms with van der Waals surface area (Å²) in [6.07, 6.45) is 3.08. The molecule has 1 unspecified atom stereocenters. The molecule has 2 aromatic carbocycles. The Morgan fingerprint density at radius 3 is 2.47 bits per heavy atom. The van der Waals surface area contributed by atoms with Gasteiger partial charge in [-0.3, -0.25) is 9.88 Å². The van der Waals surface area contributed by atoms with Gasteiger partial charge in [0.05, 0.1) is 32.9 Å². The van der Waals surface area contributed by atoms with Crippen molar-refractivity contribution < 1.29 is 14.2 Å². The molecule has 1 saturated heterocycles. The van der Waals surface area contributed by atoms with Crippen LogP contribution in [-0.2, 0) is 0 Å².